The number of ketones is 1. The Kier molecular flexibility index (Phi) is 11.2. The normalized spacial score (nSPS) is 16.3. The van der Waals surface area contributed by atoms with Crippen LogP contribution in [0, 0.1) is 0 Å². The molecule has 0 saturated carbocycles. The summed E-state index contributed by atoms with van der Waals surface area (Å²) in [5.74, 6) is -0.0816. The Bertz CT molecular complexity index is 1330. The van der Waals surface area contributed by atoms with E-state index in [1.54, 1.807) is 29.2 Å². The molecule has 4 rings (SSSR count). The van der Waals surface area contributed by atoms with Gasteiger partial charge in [-0.2, -0.15) is 0 Å². The van der Waals surface area contributed by atoms with Gasteiger partial charge >= 0.3 is 0 Å². The quantitative estimate of drug-likeness (QED) is 0.0960. The van der Waals surface area contributed by atoms with Gasteiger partial charge in [-0.15, -0.1) is 0 Å². The predicted molar refractivity (Wildman–Crippen MR) is 165 cm³/mol. The van der Waals surface area contributed by atoms with Crippen LogP contribution in [0.1, 0.15) is 62.8 Å². The van der Waals surface area contributed by atoms with Gasteiger partial charge in [-0.1, -0.05) is 69.7 Å². The molecule has 1 N–H and O–H groups in total. The third-order valence-electron chi connectivity index (χ3n) is 7.65. The number of hydrogen-bond donors (Lipinski definition) is 1. The molecular weight excluding hydrogens is 528 g/mol. The van der Waals surface area contributed by atoms with E-state index in [0.29, 0.717) is 31.1 Å². The van der Waals surface area contributed by atoms with E-state index < -0.39 is 17.7 Å². The van der Waals surface area contributed by atoms with Crippen LogP contribution in [0.25, 0.3) is 5.76 Å². The summed E-state index contributed by atoms with van der Waals surface area (Å²) in [4.78, 5) is 30.6. The summed E-state index contributed by atoms with van der Waals surface area (Å²) in [6, 6.07) is 23.6. The van der Waals surface area contributed by atoms with Crippen molar-refractivity contribution in [3.63, 3.8) is 0 Å². The van der Waals surface area contributed by atoms with Crippen molar-refractivity contribution in [1.82, 2.24) is 9.80 Å². The zero-order valence-corrected chi connectivity index (χ0v) is 24.9. The number of amides is 1. The Labute approximate surface area is 249 Å². The van der Waals surface area contributed by atoms with Gasteiger partial charge in [0.25, 0.3) is 11.7 Å². The van der Waals surface area contributed by atoms with Gasteiger partial charge in [-0.25, -0.2) is 0 Å². The number of unbranched alkanes of at least 4 members (excludes halogenated alkanes) is 1. The lowest BCUT2D eigenvalue weighted by molar-refractivity contribution is -0.140. The molecule has 0 spiro atoms. The average Bonchev–Trinajstić information content (AvgIpc) is 3.28. The van der Waals surface area contributed by atoms with Crippen LogP contribution in [-0.2, 0) is 16.2 Å². The summed E-state index contributed by atoms with van der Waals surface area (Å²) < 4.78 is 11.7. The Hall–Kier alpha value is -4.10. The second-order valence-corrected chi connectivity index (χ2v) is 10.4. The maximum absolute atomic E-state index is 13.4. The molecule has 0 radical (unpaired) electrons. The van der Waals surface area contributed by atoms with Crippen LogP contribution in [0.4, 0.5) is 0 Å². The lowest BCUT2D eigenvalue weighted by Crippen LogP contribution is -2.33. The fourth-order valence-corrected chi connectivity index (χ4v) is 5.15. The molecular formula is C35H42N2O5. The first-order valence-corrected chi connectivity index (χ1v) is 15.0. The molecule has 1 aliphatic rings. The minimum atomic E-state index is -0.694. The van der Waals surface area contributed by atoms with Gasteiger partial charge in [-0.3, -0.25) is 9.59 Å². The highest BCUT2D eigenvalue weighted by Crippen LogP contribution is 2.40. The van der Waals surface area contributed by atoms with Gasteiger partial charge in [0.2, 0.25) is 0 Å². The first-order chi connectivity index (χ1) is 20.5. The van der Waals surface area contributed by atoms with Crippen molar-refractivity contribution in [1.29, 1.82) is 0 Å². The Morgan fingerprint density at radius 1 is 0.833 bits per heavy atom. The average molecular weight is 571 g/mol. The third-order valence-corrected chi connectivity index (χ3v) is 7.65. The molecule has 7 nitrogen and oxygen atoms in total. The molecule has 0 aromatic heterocycles. The lowest BCUT2D eigenvalue weighted by atomic mass is 9.95. The van der Waals surface area contributed by atoms with E-state index in [0.717, 1.165) is 55.8 Å². The number of nitrogens with zero attached hydrogens (tertiary/aromatic N) is 2. The van der Waals surface area contributed by atoms with E-state index in [1.165, 1.54) is 0 Å². The van der Waals surface area contributed by atoms with E-state index in [4.69, 9.17) is 9.47 Å². The topological polar surface area (TPSA) is 79.3 Å². The molecule has 0 aliphatic carbocycles. The van der Waals surface area contributed by atoms with Crippen LogP contribution in [-0.4, -0.2) is 59.4 Å². The molecule has 0 bridgehead atoms. The van der Waals surface area contributed by atoms with Gasteiger partial charge in [0.05, 0.1) is 18.2 Å². The molecule has 1 unspecified atom stereocenters. The molecule has 3 aromatic rings. The SMILES string of the molecule is CCCCOc1ccc(C2/C(=C(/O)c3ccc(OCc4ccccc4)cc3)C(=O)C(=O)N2CCCN(CC)CC)cc1. The minimum Gasteiger partial charge on any atom is -0.507 e. The number of Topliss-reactive ketones (excluding diaryl/α,β-unsaturated/α-hetero) is 1. The summed E-state index contributed by atoms with van der Waals surface area (Å²) >= 11 is 0. The Balaban J connectivity index is 1.61. The van der Waals surface area contributed by atoms with Gasteiger partial charge in [0, 0.05) is 12.1 Å². The Morgan fingerprint density at radius 2 is 1.48 bits per heavy atom. The predicted octanol–water partition coefficient (Wildman–Crippen LogP) is 6.60. The second kappa shape index (κ2) is 15.2. The number of aliphatic hydroxyl groups excluding tert-OH is 1. The van der Waals surface area contributed by atoms with Crippen LogP contribution in [0.5, 0.6) is 11.5 Å². The highest BCUT2D eigenvalue weighted by molar-refractivity contribution is 6.46. The molecule has 42 heavy (non-hydrogen) atoms. The summed E-state index contributed by atoms with van der Waals surface area (Å²) in [6.45, 7) is 10.4. The minimum absolute atomic E-state index is 0.0976. The number of rotatable bonds is 15. The smallest absolute Gasteiger partial charge is 0.295 e. The first kappa shape index (κ1) is 30.8. The van der Waals surface area contributed by atoms with Crippen LogP contribution in [0.3, 0.4) is 0 Å². The van der Waals surface area contributed by atoms with Crippen molar-refractivity contribution in [2.75, 3.05) is 32.8 Å². The van der Waals surface area contributed by atoms with E-state index in [9.17, 15) is 14.7 Å². The van der Waals surface area contributed by atoms with E-state index >= 15 is 0 Å². The number of benzene rings is 3. The Morgan fingerprint density at radius 3 is 2.12 bits per heavy atom. The third kappa shape index (κ3) is 7.59. The molecule has 1 fully saturated rings. The zero-order valence-electron chi connectivity index (χ0n) is 24.9. The van der Waals surface area contributed by atoms with Crippen molar-refractivity contribution in [3.8, 4) is 11.5 Å². The maximum atomic E-state index is 13.4. The van der Waals surface area contributed by atoms with Crippen molar-refractivity contribution in [2.24, 2.45) is 0 Å². The maximum Gasteiger partial charge on any atom is 0.295 e. The van der Waals surface area contributed by atoms with Crippen molar-refractivity contribution in [3.05, 3.63) is 101 Å². The number of likely N-dealkylation sites (tertiary alicyclic amines) is 1. The number of hydrogen-bond acceptors (Lipinski definition) is 6. The fraction of sp³-hybridized carbons (Fsp3) is 0.371. The molecule has 1 atom stereocenters. The summed E-state index contributed by atoms with van der Waals surface area (Å²) in [6.07, 6.45) is 2.72. The highest BCUT2D eigenvalue weighted by Gasteiger charge is 2.45. The van der Waals surface area contributed by atoms with Gasteiger partial charge in [0.1, 0.15) is 23.9 Å². The lowest BCUT2D eigenvalue weighted by Gasteiger charge is -2.27. The zero-order chi connectivity index (χ0) is 29.9. The largest absolute Gasteiger partial charge is 0.507 e. The number of carbonyl (C=O) groups excluding carboxylic acids is 2. The highest BCUT2D eigenvalue weighted by atomic mass is 16.5. The van der Waals surface area contributed by atoms with Crippen molar-refractivity contribution >= 4 is 17.4 Å². The molecule has 7 heteroatoms. The van der Waals surface area contributed by atoms with E-state index in [2.05, 4.69) is 25.7 Å². The van der Waals surface area contributed by atoms with Gasteiger partial charge < -0.3 is 24.4 Å². The molecule has 3 aromatic carbocycles. The summed E-state index contributed by atoms with van der Waals surface area (Å²) in [7, 11) is 0. The van der Waals surface area contributed by atoms with Gasteiger partial charge in [0.15, 0.2) is 0 Å². The van der Waals surface area contributed by atoms with Crippen molar-refractivity contribution < 1.29 is 24.2 Å². The van der Waals surface area contributed by atoms with Crippen LogP contribution in [0.2, 0.25) is 0 Å². The summed E-state index contributed by atoms with van der Waals surface area (Å²) in [5, 5.41) is 11.5. The van der Waals surface area contributed by atoms with Crippen LogP contribution >= 0.6 is 0 Å². The standard InChI is InChI=1S/C35H42N2O5/c1-4-7-24-41-29-18-14-27(15-19-29)32-31(34(39)35(40)37(32)23-11-22-36(5-2)6-3)33(38)28-16-20-30(21-17-28)42-25-26-12-9-8-10-13-26/h8-10,12-21,32,38H,4-7,11,22-25H2,1-3H3/b33-31-. The van der Waals surface area contributed by atoms with Gasteiger partial charge in [-0.05, 0) is 80.0 Å². The number of carbonyl (C=O) groups is 2. The molecule has 1 saturated heterocycles. The first-order valence-electron chi connectivity index (χ1n) is 15.0. The van der Waals surface area contributed by atoms with E-state index in [-0.39, 0.29) is 11.3 Å². The molecule has 1 amide bonds. The van der Waals surface area contributed by atoms with Crippen molar-refractivity contribution in [2.45, 2.75) is 52.7 Å². The molecule has 1 aliphatic heterocycles. The molecule has 222 valence electrons. The van der Waals surface area contributed by atoms with Crippen LogP contribution < -0.4 is 9.47 Å². The number of aliphatic hydroxyl groups is 1. The second-order valence-electron chi connectivity index (χ2n) is 10.4. The molecule has 1 heterocycles. The monoisotopic (exact) mass is 570 g/mol. The van der Waals surface area contributed by atoms with E-state index in [1.807, 2.05) is 54.6 Å². The summed E-state index contributed by atoms with van der Waals surface area (Å²) in [5.41, 5.74) is 2.35. The number of ether oxygens (including phenoxy) is 2. The van der Waals surface area contributed by atoms with Crippen LogP contribution in [0.15, 0.2) is 84.4 Å². The fourth-order valence-electron chi connectivity index (χ4n) is 5.15.